The number of nitrogens with two attached hydrogens (primary N) is 1. The number of hydrogen-bond acceptors (Lipinski definition) is 4. The molecule has 3 aromatic rings. The molecule has 3 rings (SSSR count). The van der Waals surface area contributed by atoms with Gasteiger partial charge in [0.1, 0.15) is 5.82 Å². The van der Waals surface area contributed by atoms with Gasteiger partial charge >= 0.3 is 5.69 Å². The lowest BCUT2D eigenvalue weighted by Gasteiger charge is -2.24. The molecule has 0 fully saturated rings. The third-order valence-corrected chi connectivity index (χ3v) is 4.98. The summed E-state index contributed by atoms with van der Waals surface area (Å²) in [6, 6.07) is 16.1. The highest BCUT2D eigenvalue weighted by molar-refractivity contribution is 9.10. The van der Waals surface area contributed by atoms with Crippen LogP contribution in [0.25, 0.3) is 0 Å². The summed E-state index contributed by atoms with van der Waals surface area (Å²) in [7, 11) is 0. The Morgan fingerprint density at radius 3 is 2.38 bits per heavy atom. The predicted octanol–water partition coefficient (Wildman–Crippen LogP) is 2.99. The van der Waals surface area contributed by atoms with Gasteiger partial charge in [-0.05, 0) is 36.2 Å². The minimum atomic E-state index is -0.685. The molecule has 1 aromatic heterocycles. The van der Waals surface area contributed by atoms with Gasteiger partial charge in [-0.25, -0.2) is 4.79 Å². The van der Waals surface area contributed by atoms with Crippen LogP contribution in [0, 0.1) is 0 Å². The molecule has 0 aliphatic rings. The van der Waals surface area contributed by atoms with Crippen LogP contribution in [0.3, 0.4) is 0 Å². The second kappa shape index (κ2) is 8.91. The van der Waals surface area contributed by atoms with Crippen molar-refractivity contribution in [1.29, 1.82) is 0 Å². The molecule has 0 bridgehead atoms. The van der Waals surface area contributed by atoms with Gasteiger partial charge in [0.05, 0.1) is 6.54 Å². The van der Waals surface area contributed by atoms with E-state index in [9.17, 15) is 14.4 Å². The van der Waals surface area contributed by atoms with Crippen molar-refractivity contribution in [1.82, 2.24) is 9.55 Å². The van der Waals surface area contributed by atoms with E-state index in [1.54, 1.807) is 24.3 Å². The summed E-state index contributed by atoms with van der Waals surface area (Å²) in [5.41, 5.74) is 6.19. The second-order valence-electron chi connectivity index (χ2n) is 6.53. The molecular weight excluding hydrogens is 436 g/mol. The van der Waals surface area contributed by atoms with Crippen LogP contribution in [0.15, 0.2) is 68.7 Å². The molecule has 0 aliphatic heterocycles. The van der Waals surface area contributed by atoms with Gasteiger partial charge in [-0.15, -0.1) is 0 Å². The molecule has 8 heteroatoms. The summed E-state index contributed by atoms with van der Waals surface area (Å²) >= 11 is 3.34. The van der Waals surface area contributed by atoms with Crippen molar-refractivity contribution in [3.05, 3.63) is 91.0 Å². The van der Waals surface area contributed by atoms with Crippen molar-refractivity contribution in [2.75, 3.05) is 17.2 Å². The summed E-state index contributed by atoms with van der Waals surface area (Å²) in [6.45, 7) is 2.36. The number of aromatic amines is 1. The average Bonchev–Trinajstić information content (AvgIpc) is 2.71. The van der Waals surface area contributed by atoms with Gasteiger partial charge in [-0.1, -0.05) is 53.2 Å². The van der Waals surface area contributed by atoms with Gasteiger partial charge < -0.3 is 10.6 Å². The van der Waals surface area contributed by atoms with E-state index in [1.165, 1.54) is 9.47 Å². The van der Waals surface area contributed by atoms with Crippen LogP contribution in [0.5, 0.6) is 0 Å². The highest BCUT2D eigenvalue weighted by Crippen LogP contribution is 2.21. The number of anilines is 2. The summed E-state index contributed by atoms with van der Waals surface area (Å²) < 4.78 is 2.11. The number of aromatic nitrogens is 2. The number of amides is 1. The Balaban J connectivity index is 2.09. The lowest BCUT2D eigenvalue weighted by atomic mass is 10.2. The summed E-state index contributed by atoms with van der Waals surface area (Å²) in [6.07, 6.45) is 0.610. The highest BCUT2D eigenvalue weighted by atomic mass is 79.9. The van der Waals surface area contributed by atoms with E-state index in [-0.39, 0.29) is 30.5 Å². The number of rotatable bonds is 6. The number of nitrogens with zero attached hydrogens (tertiary/aromatic N) is 2. The van der Waals surface area contributed by atoms with Gasteiger partial charge in [0.25, 0.3) is 11.5 Å². The van der Waals surface area contributed by atoms with E-state index in [0.717, 1.165) is 10.0 Å². The standard InChI is InChI=1S/C21H21BrN4O3/c1-2-12-25(20(28)15-8-10-16(22)11-9-15)17-18(23)26(21(29)24-19(17)27)13-14-6-4-3-5-7-14/h3-11H,2,12-13,23H2,1H3,(H,24,27,29). The van der Waals surface area contributed by atoms with E-state index < -0.39 is 11.2 Å². The Morgan fingerprint density at radius 1 is 1.10 bits per heavy atom. The number of carbonyl (C=O) groups excluding carboxylic acids is 1. The number of carbonyl (C=O) groups is 1. The van der Waals surface area contributed by atoms with Crippen molar-refractivity contribution in [3.8, 4) is 0 Å². The van der Waals surface area contributed by atoms with Crippen LogP contribution < -0.4 is 21.9 Å². The predicted molar refractivity (Wildman–Crippen MR) is 117 cm³/mol. The molecule has 29 heavy (non-hydrogen) atoms. The molecule has 0 spiro atoms. The van der Waals surface area contributed by atoms with Gasteiger partial charge in [0.2, 0.25) is 0 Å². The van der Waals surface area contributed by atoms with Gasteiger partial charge in [0, 0.05) is 16.6 Å². The fourth-order valence-corrected chi connectivity index (χ4v) is 3.31. The Labute approximate surface area is 175 Å². The fraction of sp³-hybridized carbons (Fsp3) is 0.190. The summed E-state index contributed by atoms with van der Waals surface area (Å²) in [5, 5.41) is 0. The van der Waals surface area contributed by atoms with Crippen LogP contribution in [0.4, 0.5) is 11.5 Å². The molecule has 0 aliphatic carbocycles. The fourth-order valence-electron chi connectivity index (χ4n) is 3.05. The minimum absolute atomic E-state index is 0.0182. The molecule has 0 atom stereocenters. The van der Waals surface area contributed by atoms with Gasteiger partial charge in [-0.2, -0.15) is 0 Å². The number of halogens is 1. The van der Waals surface area contributed by atoms with E-state index in [1.807, 2.05) is 37.3 Å². The monoisotopic (exact) mass is 456 g/mol. The summed E-state index contributed by atoms with van der Waals surface area (Å²) in [5.74, 6) is -0.400. The number of H-pyrrole nitrogens is 1. The molecule has 7 nitrogen and oxygen atoms in total. The summed E-state index contributed by atoms with van der Waals surface area (Å²) in [4.78, 5) is 41.8. The lowest BCUT2D eigenvalue weighted by molar-refractivity contribution is 0.0986. The number of benzene rings is 2. The van der Waals surface area contributed by atoms with Crippen molar-refractivity contribution in [2.45, 2.75) is 19.9 Å². The van der Waals surface area contributed by atoms with Crippen molar-refractivity contribution in [2.24, 2.45) is 0 Å². The maximum Gasteiger partial charge on any atom is 0.330 e. The zero-order valence-corrected chi connectivity index (χ0v) is 17.5. The van der Waals surface area contributed by atoms with E-state index in [0.29, 0.717) is 12.0 Å². The lowest BCUT2D eigenvalue weighted by Crippen LogP contribution is -2.41. The highest BCUT2D eigenvalue weighted by Gasteiger charge is 2.24. The smallest absolute Gasteiger partial charge is 0.330 e. The molecule has 0 unspecified atom stereocenters. The zero-order chi connectivity index (χ0) is 21.0. The van der Waals surface area contributed by atoms with Crippen LogP contribution >= 0.6 is 15.9 Å². The normalized spacial score (nSPS) is 10.7. The molecule has 0 saturated heterocycles. The molecule has 1 heterocycles. The van der Waals surface area contributed by atoms with E-state index in [2.05, 4.69) is 20.9 Å². The SMILES string of the molecule is CCCN(C(=O)c1ccc(Br)cc1)c1c(N)n(Cc2ccccc2)c(=O)[nH]c1=O. The molecule has 150 valence electrons. The minimum Gasteiger partial charge on any atom is -0.383 e. The third-order valence-electron chi connectivity index (χ3n) is 4.45. The van der Waals surface area contributed by atoms with Crippen LogP contribution in [0.2, 0.25) is 0 Å². The van der Waals surface area contributed by atoms with Gasteiger partial charge in [0.15, 0.2) is 5.69 Å². The first-order valence-corrected chi connectivity index (χ1v) is 9.95. The maximum absolute atomic E-state index is 13.1. The Hall–Kier alpha value is -3.13. The first kappa shape index (κ1) is 20.6. The largest absolute Gasteiger partial charge is 0.383 e. The van der Waals surface area contributed by atoms with Crippen molar-refractivity contribution < 1.29 is 4.79 Å². The van der Waals surface area contributed by atoms with Crippen LogP contribution in [-0.4, -0.2) is 22.0 Å². The molecule has 2 aromatic carbocycles. The topological polar surface area (TPSA) is 101 Å². The van der Waals surface area contributed by atoms with Gasteiger partial charge in [-0.3, -0.25) is 19.1 Å². The quantitative estimate of drug-likeness (QED) is 0.594. The first-order valence-electron chi connectivity index (χ1n) is 9.16. The number of hydrogen-bond donors (Lipinski definition) is 2. The molecule has 3 N–H and O–H groups in total. The Kier molecular flexibility index (Phi) is 6.33. The maximum atomic E-state index is 13.1. The Bertz CT molecular complexity index is 1120. The zero-order valence-electron chi connectivity index (χ0n) is 15.9. The molecule has 0 saturated carbocycles. The molecule has 0 radical (unpaired) electrons. The van der Waals surface area contributed by atoms with Crippen LogP contribution in [-0.2, 0) is 6.54 Å². The number of nitrogen functional groups attached to an aromatic ring is 1. The molecular formula is C21H21BrN4O3. The number of nitrogens with one attached hydrogen (secondary N) is 1. The first-order chi connectivity index (χ1) is 13.9. The third kappa shape index (κ3) is 4.48. The Morgan fingerprint density at radius 2 is 1.76 bits per heavy atom. The van der Waals surface area contributed by atoms with Crippen LogP contribution in [0.1, 0.15) is 29.3 Å². The average molecular weight is 457 g/mol. The molecule has 1 amide bonds. The van der Waals surface area contributed by atoms with E-state index >= 15 is 0 Å². The second-order valence-corrected chi connectivity index (χ2v) is 7.44. The van der Waals surface area contributed by atoms with Crippen molar-refractivity contribution >= 4 is 33.3 Å². The van der Waals surface area contributed by atoms with E-state index in [4.69, 9.17) is 5.73 Å². The van der Waals surface area contributed by atoms with Crippen molar-refractivity contribution in [3.63, 3.8) is 0 Å².